The number of hydrogen-bond acceptors (Lipinski definition) is 5. The summed E-state index contributed by atoms with van der Waals surface area (Å²) in [5.74, 6) is -1.68. The molecule has 8 nitrogen and oxygen atoms in total. The van der Waals surface area contributed by atoms with E-state index < -0.39 is 22.3 Å². The normalized spacial score (nSPS) is 10.6. The van der Waals surface area contributed by atoms with Crippen molar-refractivity contribution in [2.75, 3.05) is 5.32 Å². The molecule has 0 bridgehead atoms. The van der Waals surface area contributed by atoms with Gasteiger partial charge < -0.3 is 5.32 Å². The highest BCUT2D eigenvalue weighted by Crippen LogP contribution is 2.22. The fourth-order valence-electron chi connectivity index (χ4n) is 2.39. The van der Waals surface area contributed by atoms with Gasteiger partial charge in [-0.25, -0.2) is 4.68 Å². The van der Waals surface area contributed by atoms with Crippen LogP contribution in [0.15, 0.2) is 47.3 Å². The van der Waals surface area contributed by atoms with Crippen LogP contribution in [0.25, 0.3) is 10.8 Å². The predicted octanol–water partition coefficient (Wildman–Crippen LogP) is 2.23. The van der Waals surface area contributed by atoms with Crippen LogP contribution >= 0.6 is 0 Å². The second-order valence-corrected chi connectivity index (χ2v) is 5.20. The third-order valence-corrected chi connectivity index (χ3v) is 3.57. The molecule has 0 saturated carbocycles. The molecule has 0 spiro atoms. The summed E-state index contributed by atoms with van der Waals surface area (Å²) in [5, 5.41) is 17.8. The molecule has 0 saturated heterocycles. The Labute approximate surface area is 139 Å². The highest BCUT2D eigenvalue weighted by molar-refractivity contribution is 6.11. The third kappa shape index (κ3) is 2.94. The molecule has 0 atom stereocenters. The minimum absolute atomic E-state index is 0.0234. The van der Waals surface area contributed by atoms with Gasteiger partial charge in [0.05, 0.1) is 10.3 Å². The first-order valence-electron chi connectivity index (χ1n) is 7.10. The molecule has 2 aromatic carbocycles. The molecule has 1 N–H and O–H groups in total. The van der Waals surface area contributed by atoms with Crippen LogP contribution in [-0.4, -0.2) is 20.6 Å². The van der Waals surface area contributed by atoms with Crippen LogP contribution in [0.5, 0.6) is 0 Å². The summed E-state index contributed by atoms with van der Waals surface area (Å²) in [7, 11) is 1.41. The number of aromatic nitrogens is 2. The van der Waals surface area contributed by atoms with E-state index in [4.69, 9.17) is 0 Å². The van der Waals surface area contributed by atoms with Crippen LogP contribution in [0.3, 0.4) is 0 Å². The van der Waals surface area contributed by atoms with Crippen molar-refractivity contribution in [1.82, 2.24) is 9.78 Å². The summed E-state index contributed by atoms with van der Waals surface area (Å²) >= 11 is 0. The quantitative estimate of drug-likeness (QED) is 0.580. The molecule has 1 heterocycles. The van der Waals surface area contributed by atoms with Crippen LogP contribution in [0, 0.1) is 15.9 Å². The highest BCUT2D eigenvalue weighted by atomic mass is 19.1. The number of carbonyl (C=O) groups is 1. The number of amides is 1. The molecule has 0 aliphatic rings. The van der Waals surface area contributed by atoms with Crippen molar-refractivity contribution < 1.29 is 14.1 Å². The van der Waals surface area contributed by atoms with Gasteiger partial charge in [-0.3, -0.25) is 19.7 Å². The Morgan fingerprint density at radius 2 is 1.92 bits per heavy atom. The first-order chi connectivity index (χ1) is 11.9. The molecule has 3 rings (SSSR count). The summed E-state index contributed by atoms with van der Waals surface area (Å²) in [5.41, 5.74) is -1.09. The summed E-state index contributed by atoms with van der Waals surface area (Å²) in [6, 6.07) is 9.46. The number of fused-ring (bicyclic) bond motifs is 1. The van der Waals surface area contributed by atoms with Gasteiger partial charge in [0.1, 0.15) is 0 Å². The highest BCUT2D eigenvalue weighted by Gasteiger charge is 2.18. The van der Waals surface area contributed by atoms with Crippen LogP contribution < -0.4 is 10.9 Å². The fourth-order valence-corrected chi connectivity index (χ4v) is 2.39. The lowest BCUT2D eigenvalue weighted by molar-refractivity contribution is -0.387. The van der Waals surface area contributed by atoms with Crippen molar-refractivity contribution in [3.63, 3.8) is 0 Å². The van der Waals surface area contributed by atoms with Gasteiger partial charge in [-0.15, -0.1) is 0 Å². The van der Waals surface area contributed by atoms with Crippen molar-refractivity contribution >= 4 is 28.1 Å². The lowest BCUT2D eigenvalue weighted by Crippen LogP contribution is -2.25. The molecule has 1 amide bonds. The topological polar surface area (TPSA) is 107 Å². The first-order valence-corrected chi connectivity index (χ1v) is 7.10. The maximum Gasteiger partial charge on any atom is 0.306 e. The zero-order valence-corrected chi connectivity index (χ0v) is 12.9. The Balaban J connectivity index is 2.04. The standard InChI is InChI=1S/C16H11FN4O4/c1-20-16(23)11-5-3-2-4-10(11)14(19-20)15(22)18-9-6-7-12(17)13(8-9)21(24)25/h2-8H,1H3,(H,18,22). The summed E-state index contributed by atoms with van der Waals surface area (Å²) in [6.45, 7) is 0. The summed E-state index contributed by atoms with van der Waals surface area (Å²) < 4.78 is 14.4. The second-order valence-electron chi connectivity index (χ2n) is 5.20. The maximum absolute atomic E-state index is 13.4. The van der Waals surface area contributed by atoms with Gasteiger partial charge >= 0.3 is 5.69 Å². The Morgan fingerprint density at radius 3 is 2.60 bits per heavy atom. The van der Waals surface area contributed by atoms with E-state index in [1.54, 1.807) is 24.3 Å². The Bertz CT molecular complexity index is 1080. The zero-order chi connectivity index (χ0) is 18.1. The molecule has 25 heavy (non-hydrogen) atoms. The molecule has 0 radical (unpaired) electrons. The zero-order valence-electron chi connectivity index (χ0n) is 12.9. The van der Waals surface area contributed by atoms with Crippen LogP contribution in [0.2, 0.25) is 0 Å². The number of aryl methyl sites for hydroxylation is 1. The number of hydrogen-bond donors (Lipinski definition) is 1. The Kier molecular flexibility index (Phi) is 3.97. The van der Waals surface area contributed by atoms with Gasteiger partial charge in [0.15, 0.2) is 5.69 Å². The Hall–Kier alpha value is -3.62. The van der Waals surface area contributed by atoms with E-state index >= 15 is 0 Å². The third-order valence-electron chi connectivity index (χ3n) is 3.57. The van der Waals surface area contributed by atoms with Gasteiger partial charge in [0.2, 0.25) is 5.82 Å². The van der Waals surface area contributed by atoms with E-state index in [0.717, 1.165) is 16.8 Å². The number of benzene rings is 2. The lowest BCUT2D eigenvalue weighted by atomic mass is 10.1. The monoisotopic (exact) mass is 342 g/mol. The molecule has 0 unspecified atom stereocenters. The predicted molar refractivity (Wildman–Crippen MR) is 88.0 cm³/mol. The number of nitro groups is 1. The number of carbonyl (C=O) groups excluding carboxylic acids is 1. The van der Waals surface area contributed by atoms with Gasteiger partial charge in [-0.2, -0.15) is 9.49 Å². The van der Waals surface area contributed by atoms with Crippen LogP contribution in [0.1, 0.15) is 10.5 Å². The molecule has 0 fully saturated rings. The molecular formula is C16H11FN4O4. The summed E-state index contributed by atoms with van der Waals surface area (Å²) in [6.07, 6.45) is 0. The number of nitrogens with one attached hydrogen (secondary N) is 1. The van der Waals surface area contributed by atoms with Crippen molar-refractivity contribution in [3.05, 3.63) is 74.4 Å². The van der Waals surface area contributed by atoms with Crippen molar-refractivity contribution in [3.8, 4) is 0 Å². The second kappa shape index (κ2) is 6.11. The first kappa shape index (κ1) is 16.2. The molecule has 3 aromatic rings. The van der Waals surface area contributed by atoms with E-state index in [1.165, 1.54) is 13.1 Å². The largest absolute Gasteiger partial charge is 0.320 e. The molecule has 1 aromatic heterocycles. The SMILES string of the molecule is Cn1nc(C(=O)Nc2ccc(F)c([N+](=O)[O-])c2)c2ccccc2c1=O. The van der Waals surface area contributed by atoms with Crippen LogP contribution in [0.4, 0.5) is 15.8 Å². The number of nitrogens with zero attached hydrogens (tertiary/aromatic N) is 3. The number of halogens is 1. The minimum Gasteiger partial charge on any atom is -0.320 e. The number of anilines is 1. The van der Waals surface area contributed by atoms with Crippen molar-refractivity contribution in [2.45, 2.75) is 0 Å². The van der Waals surface area contributed by atoms with Crippen molar-refractivity contribution in [2.24, 2.45) is 7.05 Å². The molecule has 0 aliphatic heterocycles. The van der Waals surface area contributed by atoms with Crippen molar-refractivity contribution in [1.29, 1.82) is 0 Å². The van der Waals surface area contributed by atoms with Gasteiger partial charge in [-0.1, -0.05) is 18.2 Å². The average Bonchev–Trinajstić information content (AvgIpc) is 2.59. The molecule has 126 valence electrons. The lowest BCUT2D eigenvalue weighted by Gasteiger charge is -2.09. The molecule has 0 aliphatic carbocycles. The van der Waals surface area contributed by atoms with E-state index in [9.17, 15) is 24.1 Å². The van der Waals surface area contributed by atoms with E-state index in [-0.39, 0.29) is 16.9 Å². The Morgan fingerprint density at radius 1 is 1.24 bits per heavy atom. The fraction of sp³-hybridized carbons (Fsp3) is 0.0625. The van der Waals surface area contributed by atoms with E-state index in [2.05, 4.69) is 10.4 Å². The molecular weight excluding hydrogens is 331 g/mol. The van der Waals surface area contributed by atoms with Gasteiger partial charge in [-0.05, 0) is 18.2 Å². The molecule has 9 heteroatoms. The average molecular weight is 342 g/mol. The minimum atomic E-state index is -1.01. The maximum atomic E-state index is 13.4. The summed E-state index contributed by atoms with van der Waals surface area (Å²) in [4.78, 5) is 34.5. The number of rotatable bonds is 3. The van der Waals surface area contributed by atoms with E-state index in [1.807, 2.05) is 0 Å². The van der Waals surface area contributed by atoms with Crippen LogP contribution in [-0.2, 0) is 7.05 Å². The smallest absolute Gasteiger partial charge is 0.306 e. The number of nitro benzene ring substituents is 1. The van der Waals surface area contributed by atoms with Gasteiger partial charge in [0.25, 0.3) is 11.5 Å². The van der Waals surface area contributed by atoms with Gasteiger partial charge in [0, 0.05) is 24.2 Å². The van der Waals surface area contributed by atoms with E-state index in [0.29, 0.717) is 10.8 Å².